The van der Waals surface area contributed by atoms with E-state index in [0.717, 1.165) is 29.7 Å². The molecule has 0 saturated heterocycles. The largest absolute Gasteiger partial charge is 0.486 e. The molecule has 0 aliphatic rings. The molecule has 0 bridgehead atoms. The van der Waals surface area contributed by atoms with E-state index in [1.54, 1.807) is 6.07 Å². The molecular weight excluding hydrogens is 314 g/mol. The summed E-state index contributed by atoms with van der Waals surface area (Å²) in [6, 6.07) is 15.5. The number of hydrogen-bond donors (Lipinski definition) is 3. The molecule has 0 aliphatic heterocycles. The van der Waals surface area contributed by atoms with Crippen molar-refractivity contribution < 1.29 is 14.9 Å². The Morgan fingerprint density at radius 2 is 1.61 bits per heavy atom. The first-order valence-corrected chi connectivity index (χ1v) is 7.47. The van der Waals surface area contributed by atoms with Gasteiger partial charge in [0.1, 0.15) is 11.9 Å². The average Bonchev–Trinajstić information content (AvgIpc) is 2.58. The van der Waals surface area contributed by atoms with Gasteiger partial charge in [-0.2, -0.15) is 0 Å². The van der Waals surface area contributed by atoms with Gasteiger partial charge in [-0.25, -0.2) is 0 Å². The number of aliphatic hydroxyl groups excluding tert-OH is 2. The fourth-order valence-electron chi connectivity index (χ4n) is 2.38. The van der Waals surface area contributed by atoms with E-state index in [0.29, 0.717) is 5.75 Å². The van der Waals surface area contributed by atoms with Gasteiger partial charge in [-0.3, -0.25) is 0 Å². The molecule has 126 valence electrons. The van der Waals surface area contributed by atoms with E-state index in [9.17, 15) is 10.2 Å². The third-order valence-corrected chi connectivity index (χ3v) is 3.50. The highest BCUT2D eigenvalue weighted by Gasteiger charge is 2.13. The SMILES string of the molecule is CNCCC(Oc1cc(CO)cc(CO)c1)c1ccccc1.Cl. The minimum atomic E-state index is -0.0749. The summed E-state index contributed by atoms with van der Waals surface area (Å²) in [4.78, 5) is 0. The molecule has 1 atom stereocenters. The predicted molar refractivity (Wildman–Crippen MR) is 93.9 cm³/mol. The topological polar surface area (TPSA) is 61.7 Å². The number of hydrogen-bond acceptors (Lipinski definition) is 4. The summed E-state index contributed by atoms with van der Waals surface area (Å²) in [5, 5.41) is 21.8. The zero-order valence-electron chi connectivity index (χ0n) is 13.2. The van der Waals surface area contributed by atoms with Crippen LogP contribution in [0.1, 0.15) is 29.2 Å². The Morgan fingerprint density at radius 1 is 1.00 bits per heavy atom. The summed E-state index contributed by atoms with van der Waals surface area (Å²) in [6.07, 6.45) is 0.757. The van der Waals surface area contributed by atoms with Crippen LogP contribution in [-0.4, -0.2) is 23.8 Å². The molecule has 2 rings (SSSR count). The zero-order valence-corrected chi connectivity index (χ0v) is 14.1. The predicted octanol–water partition coefficient (Wildman–Crippen LogP) is 2.82. The van der Waals surface area contributed by atoms with Gasteiger partial charge in [0, 0.05) is 6.42 Å². The molecule has 23 heavy (non-hydrogen) atoms. The van der Waals surface area contributed by atoms with Crippen LogP contribution in [0.5, 0.6) is 5.75 Å². The number of halogens is 1. The summed E-state index contributed by atoms with van der Waals surface area (Å²) < 4.78 is 6.13. The summed E-state index contributed by atoms with van der Waals surface area (Å²) in [5.74, 6) is 0.667. The van der Waals surface area contributed by atoms with Gasteiger partial charge < -0.3 is 20.3 Å². The molecule has 0 spiro atoms. The summed E-state index contributed by atoms with van der Waals surface area (Å²) in [5.41, 5.74) is 2.58. The van der Waals surface area contributed by atoms with Gasteiger partial charge in [-0.1, -0.05) is 36.4 Å². The maximum atomic E-state index is 9.33. The van der Waals surface area contributed by atoms with Crippen molar-refractivity contribution in [2.75, 3.05) is 13.6 Å². The van der Waals surface area contributed by atoms with Crippen LogP contribution in [0, 0.1) is 0 Å². The monoisotopic (exact) mass is 337 g/mol. The maximum Gasteiger partial charge on any atom is 0.125 e. The average molecular weight is 338 g/mol. The normalized spacial score (nSPS) is 11.6. The third kappa shape index (κ3) is 5.84. The quantitative estimate of drug-likeness (QED) is 0.693. The van der Waals surface area contributed by atoms with Crippen LogP contribution in [0.25, 0.3) is 0 Å². The van der Waals surface area contributed by atoms with Crippen LogP contribution in [-0.2, 0) is 13.2 Å². The Morgan fingerprint density at radius 3 is 2.13 bits per heavy atom. The fraction of sp³-hybridized carbons (Fsp3) is 0.333. The fourth-order valence-corrected chi connectivity index (χ4v) is 2.38. The van der Waals surface area contributed by atoms with Gasteiger partial charge >= 0.3 is 0 Å². The second kappa shape index (κ2) is 10.2. The van der Waals surface area contributed by atoms with Gasteiger partial charge in [0.05, 0.1) is 13.2 Å². The molecule has 0 saturated carbocycles. The lowest BCUT2D eigenvalue weighted by atomic mass is 10.1. The van der Waals surface area contributed by atoms with Crippen molar-refractivity contribution in [3.8, 4) is 5.75 Å². The molecular formula is C18H24ClNO3. The smallest absolute Gasteiger partial charge is 0.125 e. The van der Waals surface area contributed by atoms with E-state index in [2.05, 4.69) is 5.32 Å². The molecule has 0 aliphatic carbocycles. The number of rotatable bonds is 8. The van der Waals surface area contributed by atoms with Gasteiger partial charge in [0.2, 0.25) is 0 Å². The number of benzene rings is 2. The minimum Gasteiger partial charge on any atom is -0.486 e. The van der Waals surface area contributed by atoms with E-state index in [4.69, 9.17) is 4.74 Å². The van der Waals surface area contributed by atoms with Crippen LogP contribution >= 0.6 is 12.4 Å². The lowest BCUT2D eigenvalue weighted by Crippen LogP contribution is -2.16. The Kier molecular flexibility index (Phi) is 8.66. The summed E-state index contributed by atoms with van der Waals surface area (Å²) >= 11 is 0. The van der Waals surface area contributed by atoms with E-state index >= 15 is 0 Å². The molecule has 2 aromatic carbocycles. The van der Waals surface area contributed by atoms with Crippen LogP contribution in [0.3, 0.4) is 0 Å². The Balaban J connectivity index is 0.00000264. The Bertz CT molecular complexity index is 555. The molecule has 2 aromatic rings. The third-order valence-electron chi connectivity index (χ3n) is 3.50. The highest BCUT2D eigenvalue weighted by atomic mass is 35.5. The number of ether oxygens (including phenoxy) is 1. The van der Waals surface area contributed by atoms with Gasteiger partial charge in [-0.05, 0) is 42.4 Å². The van der Waals surface area contributed by atoms with Crippen LogP contribution in [0.15, 0.2) is 48.5 Å². The van der Waals surface area contributed by atoms with Crippen LogP contribution in [0.2, 0.25) is 0 Å². The standard InChI is InChI=1S/C18H23NO3.ClH/c1-19-8-7-18(16-5-3-2-4-6-16)22-17-10-14(12-20)9-15(11-17)13-21;/h2-6,9-11,18-21H,7-8,12-13H2,1H3;1H. The molecule has 0 aromatic heterocycles. The highest BCUT2D eigenvalue weighted by molar-refractivity contribution is 5.85. The van der Waals surface area contributed by atoms with Crippen molar-refractivity contribution in [3.63, 3.8) is 0 Å². The van der Waals surface area contributed by atoms with E-state index in [1.807, 2.05) is 49.5 Å². The van der Waals surface area contributed by atoms with Crippen molar-refractivity contribution in [2.45, 2.75) is 25.7 Å². The van der Waals surface area contributed by atoms with Crippen LogP contribution in [0.4, 0.5) is 0 Å². The summed E-state index contributed by atoms with van der Waals surface area (Å²) in [6.45, 7) is 0.694. The van der Waals surface area contributed by atoms with E-state index < -0.39 is 0 Å². The van der Waals surface area contributed by atoms with Gasteiger partial charge in [-0.15, -0.1) is 12.4 Å². The second-order valence-electron chi connectivity index (χ2n) is 5.21. The lowest BCUT2D eigenvalue weighted by molar-refractivity contribution is 0.193. The van der Waals surface area contributed by atoms with Crippen molar-refractivity contribution in [2.24, 2.45) is 0 Å². The van der Waals surface area contributed by atoms with Crippen molar-refractivity contribution in [1.29, 1.82) is 0 Å². The van der Waals surface area contributed by atoms with E-state index in [1.165, 1.54) is 0 Å². The Labute approximate surface area is 143 Å². The number of aliphatic hydroxyl groups is 2. The first-order chi connectivity index (χ1) is 10.8. The Hall–Kier alpha value is -1.59. The molecule has 0 radical (unpaired) electrons. The van der Waals surface area contributed by atoms with E-state index in [-0.39, 0.29) is 31.7 Å². The van der Waals surface area contributed by atoms with Crippen molar-refractivity contribution in [3.05, 3.63) is 65.2 Å². The lowest BCUT2D eigenvalue weighted by Gasteiger charge is -2.20. The molecule has 3 N–H and O–H groups in total. The molecule has 5 heteroatoms. The van der Waals surface area contributed by atoms with Crippen molar-refractivity contribution in [1.82, 2.24) is 5.32 Å². The maximum absolute atomic E-state index is 9.33. The second-order valence-corrected chi connectivity index (χ2v) is 5.21. The minimum absolute atomic E-state index is 0. The van der Waals surface area contributed by atoms with Gasteiger partial charge in [0.15, 0.2) is 0 Å². The van der Waals surface area contributed by atoms with Gasteiger partial charge in [0.25, 0.3) is 0 Å². The molecule has 0 amide bonds. The number of nitrogens with one attached hydrogen (secondary N) is 1. The zero-order chi connectivity index (χ0) is 15.8. The summed E-state index contributed by atoms with van der Waals surface area (Å²) in [7, 11) is 1.91. The molecule has 0 heterocycles. The van der Waals surface area contributed by atoms with Crippen molar-refractivity contribution >= 4 is 12.4 Å². The molecule has 0 fully saturated rings. The molecule has 1 unspecified atom stereocenters. The first kappa shape index (κ1) is 19.5. The van der Waals surface area contributed by atoms with Crippen LogP contribution < -0.4 is 10.1 Å². The molecule has 4 nitrogen and oxygen atoms in total. The first-order valence-electron chi connectivity index (χ1n) is 7.47. The highest BCUT2D eigenvalue weighted by Crippen LogP contribution is 2.26.